The summed E-state index contributed by atoms with van der Waals surface area (Å²) in [5, 5.41) is 9.82. The summed E-state index contributed by atoms with van der Waals surface area (Å²) < 4.78 is 0. The smallest absolute Gasteiger partial charge is 0.160 e. The SMILES string of the molecule is c1ccc(-c2nc(-c3cc(-c4cccc5ccccc45)cc(-c4c5ccccc5cc5c4ccc4ccccc45)c3)cc(-c3ccccc3-c3ccccc3)n2)cc1. The molecule has 0 aliphatic rings. The summed E-state index contributed by atoms with van der Waals surface area (Å²) in [7, 11) is 0. The summed E-state index contributed by atoms with van der Waals surface area (Å²) in [6.45, 7) is 0. The minimum Gasteiger partial charge on any atom is -0.228 e. The van der Waals surface area contributed by atoms with Crippen molar-refractivity contribution in [1.29, 1.82) is 0 Å². The molecule has 270 valence electrons. The Balaban J connectivity index is 1.23. The fraction of sp³-hybridized carbons (Fsp3) is 0. The lowest BCUT2D eigenvalue weighted by Crippen LogP contribution is -1.98. The van der Waals surface area contributed by atoms with E-state index < -0.39 is 0 Å². The van der Waals surface area contributed by atoms with Crippen molar-refractivity contribution in [2.45, 2.75) is 0 Å². The summed E-state index contributed by atoms with van der Waals surface area (Å²) in [4.78, 5) is 10.7. The van der Waals surface area contributed by atoms with Crippen LogP contribution in [0.5, 0.6) is 0 Å². The first-order chi connectivity index (χ1) is 28.7. The van der Waals surface area contributed by atoms with Gasteiger partial charge in [-0.3, -0.25) is 0 Å². The Morgan fingerprint density at radius 2 is 0.793 bits per heavy atom. The van der Waals surface area contributed by atoms with Gasteiger partial charge in [0.05, 0.1) is 11.4 Å². The molecule has 10 aromatic carbocycles. The zero-order valence-electron chi connectivity index (χ0n) is 31.7. The van der Waals surface area contributed by atoms with Crippen molar-refractivity contribution < 1.29 is 0 Å². The average molecular weight is 737 g/mol. The monoisotopic (exact) mass is 736 g/mol. The van der Waals surface area contributed by atoms with Crippen molar-refractivity contribution in [2.75, 3.05) is 0 Å². The van der Waals surface area contributed by atoms with Crippen molar-refractivity contribution >= 4 is 43.1 Å². The van der Waals surface area contributed by atoms with E-state index in [1.165, 1.54) is 54.2 Å². The third kappa shape index (κ3) is 5.91. The van der Waals surface area contributed by atoms with Crippen LogP contribution in [0.15, 0.2) is 218 Å². The summed E-state index contributed by atoms with van der Waals surface area (Å²) >= 11 is 0. The molecule has 0 fully saturated rings. The summed E-state index contributed by atoms with van der Waals surface area (Å²) in [6, 6.07) is 78.4. The quantitative estimate of drug-likeness (QED) is 0.125. The van der Waals surface area contributed by atoms with Gasteiger partial charge in [-0.25, -0.2) is 9.97 Å². The first-order valence-corrected chi connectivity index (χ1v) is 19.8. The molecule has 1 aromatic heterocycles. The van der Waals surface area contributed by atoms with E-state index in [4.69, 9.17) is 9.97 Å². The molecule has 0 saturated carbocycles. The van der Waals surface area contributed by atoms with Crippen molar-refractivity contribution in [3.8, 4) is 67.3 Å². The van der Waals surface area contributed by atoms with E-state index in [2.05, 4.69) is 212 Å². The standard InChI is InChI=1S/C56H36N2/c1-3-16-37(17-4-1)46-25-13-14-28-50(46)54-36-53(57-56(58-54)40-20-5-2-6-21-40)43-32-42(48-29-15-23-38-18-7-10-24-45(38)48)33-44(34-43)55-49-27-12-9-22-41(49)35-52-47-26-11-8-19-39(47)30-31-51(52)55/h1-36H. The van der Waals surface area contributed by atoms with E-state index in [0.29, 0.717) is 5.82 Å². The van der Waals surface area contributed by atoms with Gasteiger partial charge in [-0.05, 0) is 107 Å². The van der Waals surface area contributed by atoms with Crippen LogP contribution in [-0.4, -0.2) is 9.97 Å². The third-order valence-corrected chi connectivity index (χ3v) is 11.4. The van der Waals surface area contributed by atoms with E-state index >= 15 is 0 Å². The zero-order valence-corrected chi connectivity index (χ0v) is 31.7. The van der Waals surface area contributed by atoms with E-state index in [-0.39, 0.29) is 0 Å². The van der Waals surface area contributed by atoms with Gasteiger partial charge in [0, 0.05) is 16.7 Å². The molecule has 58 heavy (non-hydrogen) atoms. The Morgan fingerprint density at radius 1 is 0.241 bits per heavy atom. The number of fused-ring (bicyclic) bond motifs is 5. The van der Waals surface area contributed by atoms with Crippen LogP contribution in [0.25, 0.3) is 110 Å². The molecule has 0 N–H and O–H groups in total. The number of benzene rings is 10. The number of hydrogen-bond acceptors (Lipinski definition) is 2. The van der Waals surface area contributed by atoms with Crippen LogP contribution in [0.1, 0.15) is 0 Å². The van der Waals surface area contributed by atoms with Gasteiger partial charge in [-0.15, -0.1) is 0 Å². The summed E-state index contributed by atoms with van der Waals surface area (Å²) in [5.74, 6) is 0.690. The molecular weight excluding hydrogens is 701 g/mol. The topological polar surface area (TPSA) is 25.8 Å². The second-order valence-electron chi connectivity index (χ2n) is 14.9. The average Bonchev–Trinajstić information content (AvgIpc) is 3.31. The Kier molecular flexibility index (Phi) is 8.19. The van der Waals surface area contributed by atoms with Crippen molar-refractivity contribution in [2.24, 2.45) is 0 Å². The first kappa shape index (κ1) is 33.6. The Hall–Kier alpha value is -7.68. The van der Waals surface area contributed by atoms with E-state index in [9.17, 15) is 0 Å². The van der Waals surface area contributed by atoms with Crippen LogP contribution in [0, 0.1) is 0 Å². The van der Waals surface area contributed by atoms with E-state index in [1.54, 1.807) is 0 Å². The Morgan fingerprint density at radius 3 is 1.59 bits per heavy atom. The minimum atomic E-state index is 0.690. The number of hydrogen-bond donors (Lipinski definition) is 0. The number of aromatic nitrogens is 2. The fourth-order valence-electron chi connectivity index (χ4n) is 8.71. The van der Waals surface area contributed by atoms with Gasteiger partial charge in [0.2, 0.25) is 0 Å². The Labute approximate surface area is 337 Å². The van der Waals surface area contributed by atoms with Crippen LogP contribution >= 0.6 is 0 Å². The Bertz CT molecular complexity index is 3330. The number of nitrogens with zero attached hydrogens (tertiary/aromatic N) is 2. The molecule has 0 radical (unpaired) electrons. The molecule has 11 rings (SSSR count). The first-order valence-electron chi connectivity index (χ1n) is 19.8. The third-order valence-electron chi connectivity index (χ3n) is 11.4. The van der Waals surface area contributed by atoms with Gasteiger partial charge in [0.25, 0.3) is 0 Å². The highest BCUT2D eigenvalue weighted by Crippen LogP contribution is 2.43. The van der Waals surface area contributed by atoms with Crippen LogP contribution < -0.4 is 0 Å². The molecule has 0 saturated heterocycles. The molecular formula is C56H36N2. The second kappa shape index (κ2) is 14.1. The second-order valence-corrected chi connectivity index (χ2v) is 14.9. The predicted molar refractivity (Wildman–Crippen MR) is 245 cm³/mol. The fourth-order valence-corrected chi connectivity index (χ4v) is 8.71. The number of rotatable bonds is 6. The van der Waals surface area contributed by atoms with E-state index in [0.717, 1.165) is 50.3 Å². The molecule has 0 aliphatic carbocycles. The molecule has 2 nitrogen and oxygen atoms in total. The maximum Gasteiger partial charge on any atom is 0.160 e. The van der Waals surface area contributed by atoms with Crippen molar-refractivity contribution in [3.63, 3.8) is 0 Å². The predicted octanol–water partition coefficient (Wildman–Crippen LogP) is 15.1. The maximum absolute atomic E-state index is 5.39. The highest BCUT2D eigenvalue weighted by atomic mass is 14.9. The van der Waals surface area contributed by atoms with Crippen molar-refractivity contribution in [1.82, 2.24) is 9.97 Å². The lowest BCUT2D eigenvalue weighted by atomic mass is 9.87. The summed E-state index contributed by atoms with van der Waals surface area (Å²) in [5.41, 5.74) is 11.8. The zero-order chi connectivity index (χ0) is 38.4. The summed E-state index contributed by atoms with van der Waals surface area (Å²) in [6.07, 6.45) is 0. The molecule has 0 amide bonds. The molecule has 0 unspecified atom stereocenters. The van der Waals surface area contributed by atoms with Gasteiger partial charge in [0.1, 0.15) is 0 Å². The normalized spacial score (nSPS) is 11.4. The van der Waals surface area contributed by atoms with Gasteiger partial charge in [-0.2, -0.15) is 0 Å². The molecule has 0 atom stereocenters. The molecule has 0 bridgehead atoms. The van der Waals surface area contributed by atoms with Crippen LogP contribution in [0.4, 0.5) is 0 Å². The maximum atomic E-state index is 5.39. The largest absolute Gasteiger partial charge is 0.228 e. The molecule has 2 heteroatoms. The van der Waals surface area contributed by atoms with Gasteiger partial charge >= 0.3 is 0 Å². The molecule has 11 aromatic rings. The van der Waals surface area contributed by atoms with Gasteiger partial charge in [0.15, 0.2) is 5.82 Å². The molecule has 0 aliphatic heterocycles. The lowest BCUT2D eigenvalue weighted by molar-refractivity contribution is 1.18. The van der Waals surface area contributed by atoms with Gasteiger partial charge in [-0.1, -0.05) is 188 Å². The highest BCUT2D eigenvalue weighted by Gasteiger charge is 2.19. The minimum absolute atomic E-state index is 0.690. The lowest BCUT2D eigenvalue weighted by Gasteiger charge is -2.18. The molecule has 0 spiro atoms. The van der Waals surface area contributed by atoms with Crippen LogP contribution in [0.3, 0.4) is 0 Å². The van der Waals surface area contributed by atoms with Crippen LogP contribution in [0.2, 0.25) is 0 Å². The molecule has 1 heterocycles. The van der Waals surface area contributed by atoms with Crippen LogP contribution in [-0.2, 0) is 0 Å². The highest BCUT2D eigenvalue weighted by molar-refractivity contribution is 6.20. The van der Waals surface area contributed by atoms with E-state index in [1.807, 2.05) is 6.07 Å². The van der Waals surface area contributed by atoms with Gasteiger partial charge < -0.3 is 0 Å². The van der Waals surface area contributed by atoms with Crippen molar-refractivity contribution in [3.05, 3.63) is 218 Å².